The Morgan fingerprint density at radius 2 is 2.39 bits per heavy atom. The highest BCUT2D eigenvalue weighted by Crippen LogP contribution is 2.20. The monoisotopic (exact) mass is 247 g/mol. The summed E-state index contributed by atoms with van der Waals surface area (Å²) >= 11 is 0. The minimum atomic E-state index is 0.560. The summed E-state index contributed by atoms with van der Waals surface area (Å²) in [6, 6.07) is 2.57. The van der Waals surface area contributed by atoms with Gasteiger partial charge in [0.15, 0.2) is 0 Å². The third-order valence-corrected chi connectivity index (χ3v) is 3.17. The number of hydrogen-bond acceptors (Lipinski definition) is 5. The number of nitrogens with one attached hydrogen (secondary N) is 2. The molecule has 0 aromatic carbocycles. The Bertz CT molecular complexity index is 418. The summed E-state index contributed by atoms with van der Waals surface area (Å²) in [6.07, 6.45) is 2.99. The predicted molar refractivity (Wildman–Crippen MR) is 75.1 cm³/mol. The van der Waals surface area contributed by atoms with Crippen molar-refractivity contribution >= 4 is 11.6 Å². The molecule has 0 radical (unpaired) electrons. The van der Waals surface area contributed by atoms with Crippen molar-refractivity contribution in [2.24, 2.45) is 0 Å². The van der Waals surface area contributed by atoms with Crippen LogP contribution in [0.2, 0.25) is 0 Å². The topological polar surface area (TPSA) is 53.1 Å². The highest BCUT2D eigenvalue weighted by atomic mass is 15.2. The average Bonchev–Trinajstić information content (AvgIpc) is 2.84. The van der Waals surface area contributed by atoms with Gasteiger partial charge in [0.05, 0.1) is 0 Å². The molecule has 1 unspecified atom stereocenters. The summed E-state index contributed by atoms with van der Waals surface area (Å²) in [7, 11) is 2.01. The molecule has 2 N–H and O–H groups in total. The zero-order chi connectivity index (χ0) is 13.0. The second-order valence-electron chi connectivity index (χ2n) is 4.55. The second kappa shape index (κ2) is 5.82. The van der Waals surface area contributed by atoms with E-state index in [0.29, 0.717) is 6.04 Å². The first-order valence-corrected chi connectivity index (χ1v) is 6.35. The predicted octanol–water partition coefficient (Wildman–Crippen LogP) is 1.18. The second-order valence-corrected chi connectivity index (χ2v) is 4.55. The van der Waals surface area contributed by atoms with E-state index in [-0.39, 0.29) is 0 Å². The summed E-state index contributed by atoms with van der Waals surface area (Å²) in [4.78, 5) is 11.2. The van der Waals surface area contributed by atoms with Crippen molar-refractivity contribution in [1.82, 2.24) is 15.3 Å². The van der Waals surface area contributed by atoms with Crippen LogP contribution in [0.1, 0.15) is 12.2 Å². The van der Waals surface area contributed by atoms with Gasteiger partial charge in [-0.1, -0.05) is 6.08 Å². The molecule has 1 atom stereocenters. The smallest absolute Gasteiger partial charge is 0.134 e. The van der Waals surface area contributed by atoms with Crippen molar-refractivity contribution in [3.63, 3.8) is 0 Å². The lowest BCUT2D eigenvalue weighted by Crippen LogP contribution is -2.30. The lowest BCUT2D eigenvalue weighted by Gasteiger charge is -2.18. The Balaban J connectivity index is 2.12. The van der Waals surface area contributed by atoms with Gasteiger partial charge in [-0.05, 0) is 20.4 Å². The van der Waals surface area contributed by atoms with Gasteiger partial charge in [0, 0.05) is 31.7 Å². The van der Waals surface area contributed by atoms with Gasteiger partial charge in [-0.15, -0.1) is 6.58 Å². The van der Waals surface area contributed by atoms with Crippen molar-refractivity contribution in [2.45, 2.75) is 19.4 Å². The fraction of sp³-hybridized carbons (Fsp3) is 0.538. The van der Waals surface area contributed by atoms with Crippen LogP contribution in [0, 0.1) is 6.92 Å². The van der Waals surface area contributed by atoms with Crippen molar-refractivity contribution in [1.29, 1.82) is 0 Å². The maximum Gasteiger partial charge on any atom is 0.134 e. The van der Waals surface area contributed by atoms with Crippen LogP contribution in [-0.2, 0) is 0 Å². The molecule has 5 heteroatoms. The van der Waals surface area contributed by atoms with Crippen LogP contribution in [0.25, 0.3) is 0 Å². The molecule has 18 heavy (non-hydrogen) atoms. The Morgan fingerprint density at radius 3 is 3.06 bits per heavy atom. The van der Waals surface area contributed by atoms with Crippen LogP contribution in [0.15, 0.2) is 18.7 Å². The lowest BCUT2D eigenvalue weighted by molar-refractivity contribution is 0.616. The van der Waals surface area contributed by atoms with Gasteiger partial charge in [0.25, 0.3) is 0 Å². The summed E-state index contributed by atoms with van der Waals surface area (Å²) in [5.41, 5.74) is 0. The van der Waals surface area contributed by atoms with Crippen molar-refractivity contribution in [3.8, 4) is 0 Å². The van der Waals surface area contributed by atoms with E-state index < -0.39 is 0 Å². The van der Waals surface area contributed by atoms with E-state index in [0.717, 1.165) is 43.5 Å². The third-order valence-electron chi connectivity index (χ3n) is 3.17. The molecule has 98 valence electrons. The SMILES string of the molecule is C=CCNc1cc(N2CCC(NC)C2)nc(C)n1. The molecule has 1 aliphatic heterocycles. The van der Waals surface area contributed by atoms with Gasteiger partial charge in [-0.3, -0.25) is 0 Å². The van der Waals surface area contributed by atoms with E-state index in [1.165, 1.54) is 0 Å². The maximum absolute atomic E-state index is 4.51. The fourth-order valence-corrected chi connectivity index (χ4v) is 2.19. The number of hydrogen-bond donors (Lipinski definition) is 2. The molecule has 1 fully saturated rings. The van der Waals surface area contributed by atoms with Crippen molar-refractivity contribution in [2.75, 3.05) is 36.9 Å². The van der Waals surface area contributed by atoms with E-state index in [2.05, 4.69) is 32.1 Å². The Labute approximate surface area is 108 Å². The standard InChI is InChI=1S/C13H21N5/c1-4-6-15-12-8-13(17-10(2)16-12)18-7-5-11(9-18)14-3/h4,8,11,14H,1,5-7,9H2,2-3H3,(H,15,16,17). The quantitative estimate of drug-likeness (QED) is 0.765. The molecule has 2 heterocycles. The van der Waals surface area contributed by atoms with Gasteiger partial charge in [-0.25, -0.2) is 9.97 Å². The van der Waals surface area contributed by atoms with Crippen LogP contribution >= 0.6 is 0 Å². The zero-order valence-electron chi connectivity index (χ0n) is 11.1. The third kappa shape index (κ3) is 2.98. The molecule has 0 saturated carbocycles. The highest BCUT2D eigenvalue weighted by Gasteiger charge is 2.22. The Morgan fingerprint density at radius 1 is 1.56 bits per heavy atom. The molecule has 1 aromatic rings. The summed E-state index contributed by atoms with van der Waals surface area (Å²) in [6.45, 7) is 8.39. The Hall–Kier alpha value is -1.62. The summed E-state index contributed by atoms with van der Waals surface area (Å²) in [5.74, 6) is 2.67. The largest absolute Gasteiger partial charge is 0.366 e. The minimum absolute atomic E-state index is 0.560. The number of anilines is 2. The van der Waals surface area contributed by atoms with E-state index in [9.17, 15) is 0 Å². The molecule has 0 amide bonds. The molecular formula is C13H21N5. The van der Waals surface area contributed by atoms with Gasteiger partial charge in [-0.2, -0.15) is 0 Å². The van der Waals surface area contributed by atoms with Crippen LogP contribution < -0.4 is 15.5 Å². The number of aryl methyl sites for hydroxylation is 1. The van der Waals surface area contributed by atoms with Gasteiger partial charge in [0.1, 0.15) is 17.5 Å². The molecule has 1 saturated heterocycles. The van der Waals surface area contributed by atoms with Crippen LogP contribution in [0.3, 0.4) is 0 Å². The lowest BCUT2D eigenvalue weighted by atomic mass is 10.3. The van der Waals surface area contributed by atoms with E-state index >= 15 is 0 Å². The van der Waals surface area contributed by atoms with E-state index in [1.54, 1.807) is 0 Å². The average molecular weight is 247 g/mol. The fourth-order valence-electron chi connectivity index (χ4n) is 2.19. The number of likely N-dealkylation sites (N-methyl/N-ethyl adjacent to an activating group) is 1. The Kier molecular flexibility index (Phi) is 4.15. The minimum Gasteiger partial charge on any atom is -0.366 e. The normalized spacial score (nSPS) is 19.0. The van der Waals surface area contributed by atoms with Gasteiger partial charge < -0.3 is 15.5 Å². The summed E-state index contributed by atoms with van der Waals surface area (Å²) in [5, 5.41) is 6.53. The molecule has 0 bridgehead atoms. The molecule has 1 aromatic heterocycles. The van der Waals surface area contributed by atoms with Crippen LogP contribution in [0.4, 0.5) is 11.6 Å². The first kappa shape index (κ1) is 12.8. The maximum atomic E-state index is 4.51. The number of rotatable bonds is 5. The van der Waals surface area contributed by atoms with E-state index in [4.69, 9.17) is 0 Å². The highest BCUT2D eigenvalue weighted by molar-refractivity contribution is 5.50. The molecule has 5 nitrogen and oxygen atoms in total. The molecule has 0 aliphatic carbocycles. The van der Waals surface area contributed by atoms with E-state index in [1.807, 2.05) is 26.1 Å². The molecule has 0 spiro atoms. The summed E-state index contributed by atoms with van der Waals surface area (Å²) < 4.78 is 0. The first-order chi connectivity index (χ1) is 8.72. The van der Waals surface area contributed by atoms with Gasteiger partial charge >= 0.3 is 0 Å². The van der Waals surface area contributed by atoms with Gasteiger partial charge in [0.2, 0.25) is 0 Å². The number of aromatic nitrogens is 2. The zero-order valence-corrected chi connectivity index (χ0v) is 11.1. The molecule has 1 aliphatic rings. The molecular weight excluding hydrogens is 226 g/mol. The van der Waals surface area contributed by atoms with Crippen molar-refractivity contribution < 1.29 is 0 Å². The van der Waals surface area contributed by atoms with Crippen LogP contribution in [-0.4, -0.2) is 42.7 Å². The molecule has 2 rings (SSSR count). The number of nitrogens with zero attached hydrogens (tertiary/aromatic N) is 3. The van der Waals surface area contributed by atoms with Crippen molar-refractivity contribution in [3.05, 3.63) is 24.5 Å². The van der Waals surface area contributed by atoms with Crippen LogP contribution in [0.5, 0.6) is 0 Å². The first-order valence-electron chi connectivity index (χ1n) is 6.35.